The van der Waals surface area contributed by atoms with Gasteiger partial charge in [-0.05, 0) is 38.3 Å². The van der Waals surface area contributed by atoms with Gasteiger partial charge < -0.3 is 14.6 Å². The lowest BCUT2D eigenvalue weighted by atomic mass is 9.94. The van der Waals surface area contributed by atoms with Gasteiger partial charge in [0.05, 0.1) is 6.20 Å². The van der Waals surface area contributed by atoms with Crippen molar-refractivity contribution >= 4 is 6.01 Å². The summed E-state index contributed by atoms with van der Waals surface area (Å²) in [5, 5.41) is 3.39. The van der Waals surface area contributed by atoms with Gasteiger partial charge >= 0.3 is 0 Å². The van der Waals surface area contributed by atoms with Gasteiger partial charge in [-0.1, -0.05) is 0 Å². The highest BCUT2D eigenvalue weighted by Crippen LogP contribution is 2.17. The summed E-state index contributed by atoms with van der Waals surface area (Å²) in [7, 11) is 2.03. The Morgan fingerprint density at radius 3 is 3.00 bits per heavy atom. The molecule has 0 saturated carbocycles. The van der Waals surface area contributed by atoms with E-state index in [4.69, 9.17) is 4.42 Å². The van der Waals surface area contributed by atoms with E-state index in [1.807, 2.05) is 7.05 Å². The van der Waals surface area contributed by atoms with E-state index in [0.29, 0.717) is 0 Å². The zero-order valence-corrected chi connectivity index (χ0v) is 9.28. The van der Waals surface area contributed by atoms with Crippen LogP contribution in [0.3, 0.4) is 0 Å². The van der Waals surface area contributed by atoms with Crippen LogP contribution in [0.2, 0.25) is 0 Å². The van der Waals surface area contributed by atoms with E-state index in [-0.39, 0.29) is 0 Å². The number of rotatable bonds is 4. The zero-order valence-electron chi connectivity index (χ0n) is 9.28. The van der Waals surface area contributed by atoms with Crippen LogP contribution in [-0.4, -0.2) is 31.7 Å². The van der Waals surface area contributed by atoms with E-state index in [0.717, 1.165) is 18.5 Å². The van der Waals surface area contributed by atoms with Crippen LogP contribution in [0.5, 0.6) is 0 Å². The molecule has 1 aliphatic rings. The van der Waals surface area contributed by atoms with Gasteiger partial charge in [-0.2, -0.15) is 0 Å². The fraction of sp³-hybridized carbons (Fsp3) is 0.727. The molecule has 0 aliphatic carbocycles. The second-order valence-corrected chi connectivity index (χ2v) is 4.22. The van der Waals surface area contributed by atoms with E-state index in [1.54, 1.807) is 12.5 Å². The largest absolute Gasteiger partial charge is 0.432 e. The molecular weight excluding hydrogens is 190 g/mol. The molecule has 84 valence electrons. The summed E-state index contributed by atoms with van der Waals surface area (Å²) in [6.07, 6.45) is 7.16. The molecule has 0 unspecified atom stereocenters. The molecule has 0 bridgehead atoms. The van der Waals surface area contributed by atoms with Crippen molar-refractivity contribution in [1.82, 2.24) is 10.3 Å². The van der Waals surface area contributed by atoms with Gasteiger partial charge in [0.1, 0.15) is 6.26 Å². The predicted molar refractivity (Wildman–Crippen MR) is 60.0 cm³/mol. The molecule has 1 aromatic heterocycles. The lowest BCUT2D eigenvalue weighted by Gasteiger charge is -2.24. The van der Waals surface area contributed by atoms with E-state index in [9.17, 15) is 0 Å². The van der Waals surface area contributed by atoms with Gasteiger partial charge in [-0.3, -0.25) is 0 Å². The van der Waals surface area contributed by atoms with Crippen LogP contribution in [0.15, 0.2) is 16.9 Å². The van der Waals surface area contributed by atoms with Gasteiger partial charge in [0.25, 0.3) is 6.01 Å². The van der Waals surface area contributed by atoms with Crippen LogP contribution in [0.4, 0.5) is 6.01 Å². The molecule has 0 radical (unpaired) electrons. The topological polar surface area (TPSA) is 41.3 Å². The minimum Gasteiger partial charge on any atom is -0.432 e. The van der Waals surface area contributed by atoms with Crippen LogP contribution >= 0.6 is 0 Å². The van der Waals surface area contributed by atoms with E-state index in [1.165, 1.54) is 32.4 Å². The van der Waals surface area contributed by atoms with E-state index < -0.39 is 0 Å². The summed E-state index contributed by atoms with van der Waals surface area (Å²) in [4.78, 5) is 6.21. The summed E-state index contributed by atoms with van der Waals surface area (Å²) < 4.78 is 5.24. The number of anilines is 1. The Balaban J connectivity index is 1.73. The summed E-state index contributed by atoms with van der Waals surface area (Å²) in [6, 6.07) is 0.726. The summed E-state index contributed by atoms with van der Waals surface area (Å²) >= 11 is 0. The van der Waals surface area contributed by atoms with Crippen molar-refractivity contribution in [3.8, 4) is 0 Å². The predicted octanol–water partition coefficient (Wildman–Crippen LogP) is 1.50. The third-order valence-corrected chi connectivity index (χ3v) is 3.08. The standard InChI is InChI=1S/C11H19N3O/c1-14(11-13-7-9-15-11)8-4-10-2-5-12-6-3-10/h7,9-10,12H,2-6,8H2,1H3. The van der Waals surface area contributed by atoms with Crippen LogP contribution in [0, 0.1) is 5.92 Å². The molecule has 0 aromatic carbocycles. The lowest BCUT2D eigenvalue weighted by molar-refractivity contribution is 0.354. The number of hydrogen-bond donors (Lipinski definition) is 1. The molecule has 4 nitrogen and oxygen atoms in total. The first kappa shape index (κ1) is 10.5. The van der Waals surface area contributed by atoms with Crippen molar-refractivity contribution in [1.29, 1.82) is 0 Å². The van der Waals surface area contributed by atoms with Crippen molar-refractivity contribution in [2.75, 3.05) is 31.6 Å². The highest BCUT2D eigenvalue weighted by molar-refractivity contribution is 5.21. The Hall–Kier alpha value is -1.03. The molecule has 1 aliphatic heterocycles. The third kappa shape index (κ3) is 2.96. The minimum atomic E-state index is 0.726. The number of nitrogens with one attached hydrogen (secondary N) is 1. The Morgan fingerprint density at radius 2 is 2.33 bits per heavy atom. The molecule has 2 rings (SSSR count). The number of oxazole rings is 1. The second kappa shape index (κ2) is 5.16. The molecule has 0 spiro atoms. The number of aromatic nitrogens is 1. The maximum Gasteiger partial charge on any atom is 0.296 e. The quantitative estimate of drug-likeness (QED) is 0.816. The zero-order chi connectivity index (χ0) is 10.5. The fourth-order valence-corrected chi connectivity index (χ4v) is 2.05. The van der Waals surface area contributed by atoms with Gasteiger partial charge in [0.15, 0.2) is 0 Å². The normalized spacial score (nSPS) is 17.9. The summed E-state index contributed by atoms with van der Waals surface area (Å²) in [5.41, 5.74) is 0. The molecule has 4 heteroatoms. The van der Waals surface area contributed by atoms with Crippen LogP contribution < -0.4 is 10.2 Å². The molecule has 1 N–H and O–H groups in total. The molecule has 2 heterocycles. The lowest BCUT2D eigenvalue weighted by Crippen LogP contribution is -2.30. The first-order valence-corrected chi connectivity index (χ1v) is 5.67. The summed E-state index contributed by atoms with van der Waals surface area (Å²) in [5.74, 6) is 0.865. The molecule has 1 saturated heterocycles. The Morgan fingerprint density at radius 1 is 1.53 bits per heavy atom. The minimum absolute atomic E-state index is 0.726. The third-order valence-electron chi connectivity index (χ3n) is 3.08. The van der Waals surface area contributed by atoms with Crippen molar-refractivity contribution in [2.45, 2.75) is 19.3 Å². The molecule has 15 heavy (non-hydrogen) atoms. The van der Waals surface area contributed by atoms with Crippen LogP contribution in [-0.2, 0) is 0 Å². The number of hydrogen-bond acceptors (Lipinski definition) is 4. The first-order valence-electron chi connectivity index (χ1n) is 5.67. The molecular formula is C11H19N3O. The Kier molecular flexibility index (Phi) is 3.61. The van der Waals surface area contributed by atoms with Gasteiger partial charge in [-0.25, -0.2) is 4.98 Å². The van der Waals surface area contributed by atoms with Gasteiger partial charge in [0.2, 0.25) is 0 Å². The van der Waals surface area contributed by atoms with Crippen LogP contribution in [0.1, 0.15) is 19.3 Å². The molecule has 1 aromatic rings. The highest BCUT2D eigenvalue weighted by atomic mass is 16.4. The smallest absolute Gasteiger partial charge is 0.296 e. The van der Waals surface area contributed by atoms with E-state index >= 15 is 0 Å². The average molecular weight is 209 g/mol. The fourth-order valence-electron chi connectivity index (χ4n) is 2.05. The number of nitrogens with zero attached hydrogens (tertiary/aromatic N) is 2. The second-order valence-electron chi connectivity index (χ2n) is 4.22. The highest BCUT2D eigenvalue weighted by Gasteiger charge is 2.14. The Labute approximate surface area is 90.7 Å². The Bertz CT molecular complexity index is 267. The monoisotopic (exact) mass is 209 g/mol. The molecule has 0 atom stereocenters. The SMILES string of the molecule is CN(CCC1CCNCC1)c1ncco1. The maximum atomic E-state index is 5.24. The number of piperidine rings is 1. The van der Waals surface area contributed by atoms with Crippen molar-refractivity contribution < 1.29 is 4.42 Å². The van der Waals surface area contributed by atoms with Crippen molar-refractivity contribution in [2.24, 2.45) is 5.92 Å². The average Bonchev–Trinajstić information content (AvgIpc) is 2.81. The van der Waals surface area contributed by atoms with Crippen molar-refractivity contribution in [3.05, 3.63) is 12.5 Å². The molecule has 1 fully saturated rings. The summed E-state index contributed by atoms with van der Waals surface area (Å²) in [6.45, 7) is 3.38. The van der Waals surface area contributed by atoms with Crippen LogP contribution in [0.25, 0.3) is 0 Å². The van der Waals surface area contributed by atoms with E-state index in [2.05, 4.69) is 15.2 Å². The molecule has 0 amide bonds. The van der Waals surface area contributed by atoms with Gasteiger partial charge in [0, 0.05) is 13.6 Å². The van der Waals surface area contributed by atoms with Gasteiger partial charge in [-0.15, -0.1) is 0 Å². The first-order chi connectivity index (χ1) is 7.36. The van der Waals surface area contributed by atoms with Crippen molar-refractivity contribution in [3.63, 3.8) is 0 Å². The maximum absolute atomic E-state index is 5.24.